The zero-order valence-electron chi connectivity index (χ0n) is 12.1. The summed E-state index contributed by atoms with van der Waals surface area (Å²) in [6, 6.07) is 7.98. The molecule has 0 bridgehead atoms. The van der Waals surface area contributed by atoms with Crippen molar-refractivity contribution in [1.29, 1.82) is 0 Å². The molecule has 1 aromatic heterocycles. The molecule has 0 saturated heterocycles. The van der Waals surface area contributed by atoms with E-state index in [0.717, 1.165) is 27.8 Å². The van der Waals surface area contributed by atoms with Crippen LogP contribution in [0.5, 0.6) is 5.75 Å². The minimum atomic E-state index is 0.0216. The first-order chi connectivity index (χ1) is 10.2. The van der Waals surface area contributed by atoms with Gasteiger partial charge in [0, 0.05) is 10.7 Å². The third-order valence-electron chi connectivity index (χ3n) is 3.11. The van der Waals surface area contributed by atoms with Crippen LogP contribution in [0.1, 0.15) is 30.5 Å². The quantitative estimate of drug-likeness (QED) is 0.808. The Hall–Kier alpha value is -1.10. The van der Waals surface area contributed by atoms with Crippen molar-refractivity contribution in [3.05, 3.63) is 57.3 Å². The molecule has 112 valence electrons. The number of benzene rings is 1. The molecule has 2 rings (SSSR count). The van der Waals surface area contributed by atoms with Crippen molar-refractivity contribution < 1.29 is 4.74 Å². The van der Waals surface area contributed by atoms with Gasteiger partial charge in [-0.15, -0.1) is 0 Å². The van der Waals surface area contributed by atoms with Gasteiger partial charge in [-0.25, -0.2) is 0 Å². The van der Waals surface area contributed by atoms with E-state index in [1.54, 1.807) is 6.20 Å². The molecule has 0 amide bonds. The maximum absolute atomic E-state index is 6.19. The highest BCUT2D eigenvalue weighted by atomic mass is 79.9. The fourth-order valence-electron chi connectivity index (χ4n) is 2.11. The van der Waals surface area contributed by atoms with Crippen LogP contribution < -0.4 is 10.1 Å². The molecular formula is C16H18BrClN2O. The predicted molar refractivity (Wildman–Crippen MR) is 90.1 cm³/mol. The molecule has 0 fully saturated rings. The number of nitrogens with zero attached hydrogens (tertiary/aromatic N) is 1. The van der Waals surface area contributed by atoms with Gasteiger partial charge in [-0.2, -0.15) is 0 Å². The number of pyridine rings is 1. The summed E-state index contributed by atoms with van der Waals surface area (Å²) in [5.74, 6) is 0.790. The van der Waals surface area contributed by atoms with Crippen molar-refractivity contribution >= 4 is 27.5 Å². The van der Waals surface area contributed by atoms with E-state index in [1.807, 2.05) is 37.5 Å². The second-order valence-corrected chi connectivity index (χ2v) is 5.96. The highest BCUT2D eigenvalue weighted by Gasteiger charge is 2.14. The second kappa shape index (κ2) is 7.78. The van der Waals surface area contributed by atoms with Crippen molar-refractivity contribution in [1.82, 2.24) is 10.3 Å². The Balaban J connectivity index is 2.30. The molecular weight excluding hydrogens is 352 g/mol. The van der Waals surface area contributed by atoms with E-state index >= 15 is 0 Å². The number of hydrogen-bond donors (Lipinski definition) is 1. The van der Waals surface area contributed by atoms with Crippen molar-refractivity contribution in [3.8, 4) is 5.75 Å². The van der Waals surface area contributed by atoms with Gasteiger partial charge in [0.15, 0.2) is 0 Å². The molecule has 1 heterocycles. The summed E-state index contributed by atoms with van der Waals surface area (Å²) in [4.78, 5) is 4.26. The van der Waals surface area contributed by atoms with Gasteiger partial charge in [-0.3, -0.25) is 4.98 Å². The van der Waals surface area contributed by atoms with Crippen LogP contribution in [0.15, 0.2) is 41.1 Å². The molecule has 0 radical (unpaired) electrons. The van der Waals surface area contributed by atoms with Gasteiger partial charge in [-0.1, -0.05) is 24.6 Å². The lowest BCUT2D eigenvalue weighted by Crippen LogP contribution is -2.18. The van der Waals surface area contributed by atoms with Crippen LogP contribution in [-0.4, -0.2) is 18.6 Å². The number of hydrogen-bond acceptors (Lipinski definition) is 3. The van der Waals surface area contributed by atoms with Gasteiger partial charge >= 0.3 is 0 Å². The Morgan fingerprint density at radius 2 is 2.10 bits per heavy atom. The zero-order chi connectivity index (χ0) is 15.2. The third kappa shape index (κ3) is 4.19. The second-order valence-electron chi connectivity index (χ2n) is 4.70. The first kappa shape index (κ1) is 16.3. The third-order valence-corrected chi connectivity index (χ3v) is 4.34. The minimum Gasteiger partial charge on any atom is -0.492 e. The van der Waals surface area contributed by atoms with Gasteiger partial charge in [0.05, 0.1) is 23.9 Å². The van der Waals surface area contributed by atoms with E-state index in [9.17, 15) is 0 Å². The predicted octanol–water partition coefficient (Wildman–Crippen LogP) is 4.60. The summed E-state index contributed by atoms with van der Waals surface area (Å²) in [7, 11) is 1.92. The first-order valence-corrected chi connectivity index (χ1v) is 8.02. The molecule has 5 heteroatoms. The Kier molecular flexibility index (Phi) is 6.03. The molecule has 1 N–H and O–H groups in total. The Morgan fingerprint density at radius 3 is 2.76 bits per heavy atom. The average Bonchev–Trinajstić information content (AvgIpc) is 2.50. The summed E-state index contributed by atoms with van der Waals surface area (Å²) in [5.41, 5.74) is 2.13. The van der Waals surface area contributed by atoms with E-state index in [4.69, 9.17) is 16.3 Å². The van der Waals surface area contributed by atoms with Crippen molar-refractivity contribution in [2.45, 2.75) is 19.4 Å². The maximum Gasteiger partial charge on any atom is 0.137 e. The largest absolute Gasteiger partial charge is 0.492 e. The molecule has 0 saturated carbocycles. The smallest absolute Gasteiger partial charge is 0.137 e. The van der Waals surface area contributed by atoms with Gasteiger partial charge in [0.2, 0.25) is 0 Å². The Bertz CT molecular complexity index is 607. The zero-order valence-corrected chi connectivity index (χ0v) is 14.4. The lowest BCUT2D eigenvalue weighted by molar-refractivity contribution is 0.315. The summed E-state index contributed by atoms with van der Waals surface area (Å²) in [6.07, 6.45) is 4.55. The molecule has 0 aliphatic rings. The number of nitrogens with one attached hydrogen (secondary N) is 1. The summed E-state index contributed by atoms with van der Waals surface area (Å²) in [5, 5.41) is 3.99. The molecule has 21 heavy (non-hydrogen) atoms. The van der Waals surface area contributed by atoms with Crippen LogP contribution in [0.4, 0.5) is 0 Å². The molecule has 0 spiro atoms. The highest BCUT2D eigenvalue weighted by molar-refractivity contribution is 9.10. The van der Waals surface area contributed by atoms with Crippen LogP contribution in [0.25, 0.3) is 0 Å². The summed E-state index contributed by atoms with van der Waals surface area (Å²) >= 11 is 9.60. The monoisotopic (exact) mass is 368 g/mol. The van der Waals surface area contributed by atoms with Crippen LogP contribution in [-0.2, 0) is 0 Å². The molecule has 2 aromatic rings. The fourth-order valence-corrected chi connectivity index (χ4v) is 2.55. The van der Waals surface area contributed by atoms with Crippen LogP contribution >= 0.6 is 27.5 Å². The molecule has 1 atom stereocenters. The number of rotatable bonds is 6. The Morgan fingerprint density at radius 1 is 1.29 bits per heavy atom. The molecule has 1 unspecified atom stereocenters. The van der Waals surface area contributed by atoms with Gasteiger partial charge in [-0.05, 0) is 58.7 Å². The number of ether oxygens (including phenoxy) is 1. The van der Waals surface area contributed by atoms with E-state index in [-0.39, 0.29) is 6.04 Å². The SMILES string of the molecule is CCCOc1cncc(C(NC)c2ccc(Br)c(Cl)c2)c1. The number of aromatic nitrogens is 1. The van der Waals surface area contributed by atoms with Crippen LogP contribution in [0.3, 0.4) is 0 Å². The minimum absolute atomic E-state index is 0.0216. The highest BCUT2D eigenvalue weighted by Crippen LogP contribution is 2.29. The van der Waals surface area contributed by atoms with Gasteiger partial charge in [0.25, 0.3) is 0 Å². The molecule has 0 aliphatic heterocycles. The lowest BCUT2D eigenvalue weighted by Gasteiger charge is -2.18. The topological polar surface area (TPSA) is 34.1 Å². The van der Waals surface area contributed by atoms with Gasteiger partial charge in [0.1, 0.15) is 5.75 Å². The molecule has 1 aromatic carbocycles. The van der Waals surface area contributed by atoms with E-state index in [0.29, 0.717) is 11.6 Å². The first-order valence-electron chi connectivity index (χ1n) is 6.85. The van der Waals surface area contributed by atoms with Crippen molar-refractivity contribution in [2.24, 2.45) is 0 Å². The molecule has 3 nitrogen and oxygen atoms in total. The summed E-state index contributed by atoms with van der Waals surface area (Å²) < 4.78 is 6.54. The fraction of sp³-hybridized carbons (Fsp3) is 0.312. The number of halogens is 2. The van der Waals surface area contributed by atoms with E-state index < -0.39 is 0 Å². The lowest BCUT2D eigenvalue weighted by atomic mass is 10.0. The Labute approximate surface area is 138 Å². The van der Waals surface area contributed by atoms with Crippen LogP contribution in [0.2, 0.25) is 5.02 Å². The van der Waals surface area contributed by atoms with E-state index in [2.05, 4.69) is 33.2 Å². The van der Waals surface area contributed by atoms with Gasteiger partial charge < -0.3 is 10.1 Å². The normalized spacial score (nSPS) is 12.2. The summed E-state index contributed by atoms with van der Waals surface area (Å²) in [6.45, 7) is 2.77. The maximum atomic E-state index is 6.19. The molecule has 0 aliphatic carbocycles. The average molecular weight is 370 g/mol. The standard InChI is InChI=1S/C16H18BrClN2O/c1-3-6-21-13-7-12(9-20-10-13)16(19-2)11-4-5-14(17)15(18)8-11/h4-5,7-10,16,19H,3,6H2,1-2H3. The van der Waals surface area contributed by atoms with Crippen molar-refractivity contribution in [3.63, 3.8) is 0 Å². The van der Waals surface area contributed by atoms with E-state index in [1.165, 1.54) is 0 Å². The van der Waals surface area contributed by atoms with Crippen molar-refractivity contribution in [2.75, 3.05) is 13.7 Å². The van der Waals surface area contributed by atoms with Crippen LogP contribution in [0, 0.1) is 0 Å².